The Bertz CT molecular complexity index is 929. The summed E-state index contributed by atoms with van der Waals surface area (Å²) in [5, 5.41) is 0. The largest absolute Gasteiger partial charge is 0.378 e. The van der Waals surface area contributed by atoms with Crippen molar-refractivity contribution in [1.29, 1.82) is 0 Å². The van der Waals surface area contributed by atoms with Crippen LogP contribution in [-0.4, -0.2) is 13.2 Å². The molecule has 158 valence electrons. The molecule has 0 aliphatic heterocycles. The molecule has 2 heteroatoms. The van der Waals surface area contributed by atoms with Crippen molar-refractivity contribution in [3.05, 3.63) is 100 Å². The number of allylic oxidation sites excluding steroid dienone is 4. The standard InChI is InChI=1S/C28H33FO/c1-5-6-10-26(22-13-14-22)27(19-12-21(3)30-4)28(23-15-17-24(29)18-16-23)25-11-8-7-9-20(25)2/h7-12,15-19,21-22H,5-6,13-14H2,1-4H3. The number of rotatable bonds is 9. The van der Waals surface area contributed by atoms with Crippen LogP contribution in [0.3, 0.4) is 0 Å². The maximum atomic E-state index is 13.7. The highest BCUT2D eigenvalue weighted by atomic mass is 19.1. The van der Waals surface area contributed by atoms with Crippen molar-refractivity contribution in [3.63, 3.8) is 0 Å². The molecule has 0 radical (unpaired) electrons. The van der Waals surface area contributed by atoms with Gasteiger partial charge in [0.1, 0.15) is 5.82 Å². The van der Waals surface area contributed by atoms with Gasteiger partial charge >= 0.3 is 0 Å². The molecule has 0 spiro atoms. The lowest BCUT2D eigenvalue weighted by Crippen LogP contribution is -2.03. The summed E-state index contributed by atoms with van der Waals surface area (Å²) in [7, 11) is 1.73. The summed E-state index contributed by atoms with van der Waals surface area (Å²) in [6, 6.07) is 15.4. The topological polar surface area (TPSA) is 9.23 Å². The van der Waals surface area contributed by atoms with Gasteiger partial charge in [0, 0.05) is 7.11 Å². The van der Waals surface area contributed by atoms with E-state index in [-0.39, 0.29) is 11.9 Å². The van der Waals surface area contributed by atoms with Crippen LogP contribution in [0.15, 0.2) is 77.9 Å². The highest BCUT2D eigenvalue weighted by Crippen LogP contribution is 2.44. The number of benzene rings is 2. The van der Waals surface area contributed by atoms with E-state index in [4.69, 9.17) is 4.74 Å². The Kier molecular flexibility index (Phi) is 7.81. The number of unbranched alkanes of at least 4 members (excludes halogenated alkanes) is 1. The van der Waals surface area contributed by atoms with E-state index >= 15 is 0 Å². The summed E-state index contributed by atoms with van der Waals surface area (Å²) >= 11 is 0. The van der Waals surface area contributed by atoms with Crippen LogP contribution in [0.5, 0.6) is 0 Å². The van der Waals surface area contributed by atoms with Gasteiger partial charge in [-0.3, -0.25) is 0 Å². The highest BCUT2D eigenvalue weighted by Gasteiger charge is 2.29. The fraction of sp³-hybridized carbons (Fsp3) is 0.357. The smallest absolute Gasteiger partial charge is 0.123 e. The molecule has 1 unspecified atom stereocenters. The molecule has 0 aromatic heterocycles. The fourth-order valence-electron chi connectivity index (χ4n) is 3.75. The SMILES string of the molecule is CCCC=C(C(C=CC(C)OC)=C(c1ccc(F)cc1)c1ccccc1C)C1CC1. The van der Waals surface area contributed by atoms with Crippen LogP contribution in [0.25, 0.3) is 5.57 Å². The summed E-state index contributed by atoms with van der Waals surface area (Å²) in [4.78, 5) is 0. The van der Waals surface area contributed by atoms with Gasteiger partial charge in [-0.2, -0.15) is 0 Å². The number of hydrogen-bond donors (Lipinski definition) is 0. The van der Waals surface area contributed by atoms with Gasteiger partial charge in [0.25, 0.3) is 0 Å². The molecule has 0 amide bonds. The van der Waals surface area contributed by atoms with Crippen LogP contribution < -0.4 is 0 Å². The Hall–Kier alpha value is -2.45. The molecule has 30 heavy (non-hydrogen) atoms. The third-order valence-electron chi connectivity index (χ3n) is 5.70. The molecule has 1 fully saturated rings. The molecule has 0 heterocycles. The molecule has 2 aromatic rings. The summed E-state index contributed by atoms with van der Waals surface area (Å²) in [6.45, 7) is 6.41. The monoisotopic (exact) mass is 404 g/mol. The van der Waals surface area contributed by atoms with Crippen molar-refractivity contribution in [2.45, 2.75) is 52.6 Å². The fourth-order valence-corrected chi connectivity index (χ4v) is 3.75. The van der Waals surface area contributed by atoms with Crippen LogP contribution in [0.4, 0.5) is 4.39 Å². The molecule has 1 aliphatic carbocycles. The first-order valence-electron chi connectivity index (χ1n) is 11.0. The number of ether oxygens (including phenoxy) is 1. The van der Waals surface area contributed by atoms with Gasteiger partial charge in [0.2, 0.25) is 0 Å². The number of halogens is 1. The Balaban J connectivity index is 2.30. The average molecular weight is 405 g/mol. The van der Waals surface area contributed by atoms with Crippen LogP contribution in [0.2, 0.25) is 0 Å². The molecule has 0 N–H and O–H groups in total. The van der Waals surface area contributed by atoms with Crippen molar-refractivity contribution in [3.8, 4) is 0 Å². The van der Waals surface area contributed by atoms with Crippen molar-refractivity contribution < 1.29 is 9.13 Å². The summed E-state index contributed by atoms with van der Waals surface area (Å²) in [6.07, 6.45) is 11.4. The second-order valence-corrected chi connectivity index (χ2v) is 8.13. The first-order chi connectivity index (χ1) is 14.5. The van der Waals surface area contributed by atoms with Gasteiger partial charge in [-0.1, -0.05) is 68.0 Å². The van der Waals surface area contributed by atoms with Crippen LogP contribution in [0, 0.1) is 18.7 Å². The second kappa shape index (κ2) is 10.5. The van der Waals surface area contributed by atoms with E-state index in [1.807, 2.05) is 19.1 Å². The third kappa shape index (κ3) is 5.58. The Labute approximate surface area is 181 Å². The zero-order chi connectivity index (χ0) is 21.5. The first-order valence-corrected chi connectivity index (χ1v) is 11.0. The second-order valence-electron chi connectivity index (χ2n) is 8.13. The van der Waals surface area contributed by atoms with Crippen molar-refractivity contribution in [1.82, 2.24) is 0 Å². The molecule has 1 aliphatic rings. The molecular weight excluding hydrogens is 371 g/mol. The maximum Gasteiger partial charge on any atom is 0.123 e. The van der Waals surface area contributed by atoms with Crippen molar-refractivity contribution in [2.24, 2.45) is 5.92 Å². The summed E-state index contributed by atoms with van der Waals surface area (Å²) in [5.74, 6) is 0.394. The summed E-state index contributed by atoms with van der Waals surface area (Å²) < 4.78 is 19.2. The van der Waals surface area contributed by atoms with Crippen LogP contribution in [0.1, 0.15) is 56.2 Å². The lowest BCUT2D eigenvalue weighted by Gasteiger charge is -2.19. The van der Waals surface area contributed by atoms with E-state index in [0.29, 0.717) is 5.92 Å². The summed E-state index contributed by atoms with van der Waals surface area (Å²) in [5.41, 5.74) is 7.26. The minimum Gasteiger partial charge on any atom is -0.378 e. The number of hydrogen-bond acceptors (Lipinski definition) is 1. The molecule has 1 atom stereocenters. The Morgan fingerprint density at radius 1 is 1.13 bits per heavy atom. The van der Waals surface area contributed by atoms with Crippen molar-refractivity contribution >= 4 is 5.57 Å². The van der Waals surface area contributed by atoms with Gasteiger partial charge in [-0.05, 0) is 84.6 Å². The van der Waals surface area contributed by atoms with Crippen LogP contribution >= 0.6 is 0 Å². The molecule has 0 bridgehead atoms. The van der Waals surface area contributed by atoms with E-state index in [9.17, 15) is 4.39 Å². The zero-order valence-corrected chi connectivity index (χ0v) is 18.6. The normalized spacial score (nSPS) is 16.6. The lowest BCUT2D eigenvalue weighted by atomic mass is 9.85. The van der Waals surface area contributed by atoms with E-state index < -0.39 is 0 Å². The minimum absolute atomic E-state index is 0.0259. The predicted octanol–water partition coefficient (Wildman–Crippen LogP) is 7.66. The van der Waals surface area contributed by atoms with E-state index in [0.717, 1.165) is 18.4 Å². The molecule has 2 aromatic carbocycles. The maximum absolute atomic E-state index is 13.7. The molecular formula is C28H33FO. The average Bonchev–Trinajstić information content (AvgIpc) is 3.59. The van der Waals surface area contributed by atoms with E-state index in [1.165, 1.54) is 40.7 Å². The molecule has 1 nitrogen and oxygen atoms in total. The number of methoxy groups -OCH3 is 1. The highest BCUT2D eigenvalue weighted by molar-refractivity contribution is 5.87. The van der Waals surface area contributed by atoms with Gasteiger partial charge in [-0.25, -0.2) is 4.39 Å². The first kappa shape index (κ1) is 22.2. The van der Waals surface area contributed by atoms with Gasteiger partial charge in [-0.15, -0.1) is 0 Å². The Morgan fingerprint density at radius 3 is 2.43 bits per heavy atom. The van der Waals surface area contributed by atoms with E-state index in [2.05, 4.69) is 56.3 Å². The van der Waals surface area contributed by atoms with Crippen molar-refractivity contribution in [2.75, 3.05) is 7.11 Å². The quantitative estimate of drug-likeness (QED) is 0.390. The zero-order valence-electron chi connectivity index (χ0n) is 18.6. The molecule has 3 rings (SSSR count). The molecule has 1 saturated carbocycles. The van der Waals surface area contributed by atoms with E-state index in [1.54, 1.807) is 19.2 Å². The minimum atomic E-state index is -0.211. The van der Waals surface area contributed by atoms with Crippen LogP contribution in [-0.2, 0) is 4.74 Å². The molecule has 0 saturated heterocycles. The Morgan fingerprint density at radius 2 is 1.83 bits per heavy atom. The third-order valence-corrected chi connectivity index (χ3v) is 5.70. The van der Waals surface area contributed by atoms with Gasteiger partial charge in [0.05, 0.1) is 6.10 Å². The predicted molar refractivity (Wildman–Crippen MR) is 125 cm³/mol. The lowest BCUT2D eigenvalue weighted by molar-refractivity contribution is 0.156. The van der Waals surface area contributed by atoms with Gasteiger partial charge in [0.15, 0.2) is 0 Å². The van der Waals surface area contributed by atoms with Gasteiger partial charge < -0.3 is 4.74 Å². The number of aryl methyl sites for hydroxylation is 1.